The summed E-state index contributed by atoms with van der Waals surface area (Å²) in [6, 6.07) is 12.7. The Labute approximate surface area is 306 Å². The molecular weight excluding hydrogens is 759 g/mol. The van der Waals surface area contributed by atoms with Crippen LogP contribution in [0.15, 0.2) is 65.6 Å². The molecule has 17 heteroatoms. The third-order valence-electron chi connectivity index (χ3n) is 9.57. The highest BCUT2D eigenvalue weighted by Crippen LogP contribution is 2.53. The van der Waals surface area contributed by atoms with Gasteiger partial charge in [0.1, 0.15) is 33.6 Å². The Bertz CT molecular complexity index is 1970. The summed E-state index contributed by atoms with van der Waals surface area (Å²) in [5.41, 5.74) is -1.31. The number of methoxy groups -OCH3 is 1. The Balaban J connectivity index is 1.76. The zero-order valence-electron chi connectivity index (χ0n) is 28.6. The van der Waals surface area contributed by atoms with Gasteiger partial charge in [-0.3, -0.25) is 9.59 Å². The molecule has 0 radical (unpaired) electrons. The number of carbonyl (C=O) groups excluding carboxylic acids is 2. The van der Waals surface area contributed by atoms with Gasteiger partial charge in [0.15, 0.2) is 28.8 Å². The standard InChI is InChI=1S/C36H35ClF7NO7S/c1-45(2)33(47)25-15-23(38)12-21(25)17-34(26-6-4-5-7-28(26)50-3)27-14-22(37)9-8-20(27)13-31(32(34)46)53(48,49)30-16-24(51-18-35(39,40)41)10-11-29(30)52-19-36(42,43)44/h4-11,14,16,21,23,25,31H,12-13,15,17-19H2,1-3H3/t21?,23-,25+,31?,34?/m0/s1. The molecule has 1 saturated carbocycles. The van der Waals surface area contributed by atoms with Crippen molar-refractivity contribution >= 4 is 33.1 Å². The smallest absolute Gasteiger partial charge is 0.422 e. The summed E-state index contributed by atoms with van der Waals surface area (Å²) in [6.07, 6.45) is -12.4. The minimum atomic E-state index is -5.15. The van der Waals surface area contributed by atoms with Crippen LogP contribution in [0, 0.1) is 11.8 Å². The SMILES string of the molecule is COc1ccccc1C1(CC2C[C@H](F)C[C@H]2C(=O)N(C)C)C(=O)C(S(=O)(=O)c2cc(OCC(F)(F)F)ccc2OCC(F)(F)F)Cc2ccc(Cl)cc21. The van der Waals surface area contributed by atoms with Gasteiger partial charge in [-0.1, -0.05) is 35.9 Å². The first-order valence-electron chi connectivity index (χ1n) is 16.3. The molecule has 5 rings (SSSR count). The van der Waals surface area contributed by atoms with Crippen LogP contribution in [-0.2, 0) is 31.3 Å². The van der Waals surface area contributed by atoms with E-state index in [0.29, 0.717) is 6.07 Å². The molecule has 0 aromatic heterocycles. The van der Waals surface area contributed by atoms with Crippen LogP contribution in [0.5, 0.6) is 17.2 Å². The Morgan fingerprint density at radius 3 is 2.21 bits per heavy atom. The lowest BCUT2D eigenvalue weighted by Crippen LogP contribution is -2.53. The molecule has 53 heavy (non-hydrogen) atoms. The highest BCUT2D eigenvalue weighted by atomic mass is 35.5. The summed E-state index contributed by atoms with van der Waals surface area (Å²) in [5.74, 6) is -4.57. The second-order valence-electron chi connectivity index (χ2n) is 13.3. The molecule has 0 heterocycles. The maximum atomic E-state index is 15.4. The lowest BCUT2D eigenvalue weighted by Gasteiger charge is -2.44. The van der Waals surface area contributed by atoms with Crippen molar-refractivity contribution in [3.8, 4) is 17.2 Å². The zero-order valence-corrected chi connectivity index (χ0v) is 30.1. The van der Waals surface area contributed by atoms with Crippen molar-refractivity contribution in [1.82, 2.24) is 4.90 Å². The number of ketones is 1. The first-order valence-corrected chi connectivity index (χ1v) is 18.2. The Kier molecular flexibility index (Phi) is 11.4. The fourth-order valence-corrected chi connectivity index (χ4v) is 9.43. The topological polar surface area (TPSA) is 99.2 Å². The third-order valence-corrected chi connectivity index (χ3v) is 11.9. The van der Waals surface area contributed by atoms with Gasteiger partial charge in [-0.05, 0) is 73.1 Å². The van der Waals surface area contributed by atoms with E-state index in [-0.39, 0.29) is 46.7 Å². The summed E-state index contributed by atoms with van der Waals surface area (Å²) in [6.45, 7) is -3.82. The van der Waals surface area contributed by atoms with Crippen molar-refractivity contribution in [1.29, 1.82) is 0 Å². The van der Waals surface area contributed by atoms with Crippen LogP contribution in [0.1, 0.15) is 36.0 Å². The Morgan fingerprint density at radius 2 is 1.57 bits per heavy atom. The molecule has 3 aromatic carbocycles. The second kappa shape index (κ2) is 15.0. The molecule has 0 N–H and O–H groups in total. The van der Waals surface area contributed by atoms with E-state index in [1.54, 1.807) is 12.1 Å². The summed E-state index contributed by atoms with van der Waals surface area (Å²) < 4.78 is 139. The predicted molar refractivity (Wildman–Crippen MR) is 179 cm³/mol. The number of Topliss-reactive ketones (excluding diaryl/α,β-unsaturated/α-hetero) is 1. The number of halogens is 8. The first kappa shape index (κ1) is 40.1. The second-order valence-corrected chi connectivity index (χ2v) is 15.8. The van der Waals surface area contributed by atoms with E-state index in [0.717, 1.165) is 12.1 Å². The summed E-state index contributed by atoms with van der Waals surface area (Å²) >= 11 is 6.48. The number of ether oxygens (including phenoxy) is 3. The lowest BCUT2D eigenvalue weighted by atomic mass is 9.60. The highest BCUT2D eigenvalue weighted by molar-refractivity contribution is 7.93. The number of nitrogens with zero attached hydrogens (tertiary/aromatic N) is 1. The molecule has 0 spiro atoms. The van der Waals surface area contributed by atoms with Crippen molar-refractivity contribution in [2.45, 2.75) is 59.8 Å². The van der Waals surface area contributed by atoms with E-state index in [1.807, 2.05) is 0 Å². The van der Waals surface area contributed by atoms with E-state index in [4.69, 9.17) is 25.8 Å². The van der Waals surface area contributed by atoms with Gasteiger partial charge in [0.25, 0.3) is 0 Å². The molecule has 1 amide bonds. The molecular formula is C36H35ClF7NO7S. The fourth-order valence-electron chi connectivity index (χ4n) is 7.38. The van der Waals surface area contributed by atoms with E-state index in [1.165, 1.54) is 56.4 Å². The largest absolute Gasteiger partial charge is 0.496 e. The van der Waals surface area contributed by atoms with Crippen LogP contribution in [0.3, 0.4) is 0 Å². The molecule has 5 atom stereocenters. The van der Waals surface area contributed by atoms with E-state index >= 15 is 9.18 Å². The minimum Gasteiger partial charge on any atom is -0.496 e. The van der Waals surface area contributed by atoms with Crippen LogP contribution in [0.2, 0.25) is 5.02 Å². The highest BCUT2D eigenvalue weighted by Gasteiger charge is 2.57. The number of benzene rings is 3. The first-order chi connectivity index (χ1) is 24.7. The number of fused-ring (bicyclic) bond motifs is 1. The van der Waals surface area contributed by atoms with Crippen LogP contribution >= 0.6 is 11.6 Å². The maximum Gasteiger partial charge on any atom is 0.422 e. The normalized spacial score (nSPS) is 23.3. The average Bonchev–Trinajstić information content (AvgIpc) is 3.45. The number of para-hydroxylation sites is 1. The van der Waals surface area contributed by atoms with Crippen molar-refractivity contribution in [2.75, 3.05) is 34.4 Å². The molecule has 2 aliphatic rings. The van der Waals surface area contributed by atoms with E-state index in [9.17, 15) is 39.6 Å². The molecule has 8 nitrogen and oxygen atoms in total. The quantitative estimate of drug-likeness (QED) is 0.188. The molecule has 3 unspecified atom stereocenters. The number of amides is 1. The zero-order chi connectivity index (χ0) is 39.1. The van der Waals surface area contributed by atoms with Gasteiger partial charge < -0.3 is 19.1 Å². The van der Waals surface area contributed by atoms with E-state index < -0.39 is 98.6 Å². The molecule has 2 aliphatic carbocycles. The Morgan fingerprint density at radius 1 is 0.906 bits per heavy atom. The summed E-state index contributed by atoms with van der Waals surface area (Å²) in [4.78, 5) is 29.0. The van der Waals surface area contributed by atoms with Crippen LogP contribution in [-0.4, -0.2) is 83.2 Å². The molecule has 0 bridgehead atoms. The van der Waals surface area contributed by atoms with Crippen LogP contribution < -0.4 is 14.2 Å². The third kappa shape index (κ3) is 8.37. The number of hydrogen-bond donors (Lipinski definition) is 0. The molecule has 288 valence electrons. The van der Waals surface area contributed by atoms with Gasteiger partial charge in [-0.25, -0.2) is 12.8 Å². The molecule has 1 fully saturated rings. The minimum absolute atomic E-state index is 0.131. The van der Waals surface area contributed by atoms with E-state index in [2.05, 4.69) is 0 Å². The summed E-state index contributed by atoms with van der Waals surface area (Å²) in [7, 11) is -0.846. The van der Waals surface area contributed by atoms with Crippen LogP contribution in [0.4, 0.5) is 30.7 Å². The number of hydrogen-bond acceptors (Lipinski definition) is 7. The summed E-state index contributed by atoms with van der Waals surface area (Å²) in [5, 5.41) is -1.93. The molecule has 3 aromatic rings. The van der Waals surface area contributed by atoms with Crippen molar-refractivity contribution in [2.24, 2.45) is 11.8 Å². The van der Waals surface area contributed by atoms with Crippen molar-refractivity contribution in [3.05, 3.63) is 82.4 Å². The van der Waals surface area contributed by atoms with Gasteiger partial charge in [-0.2, -0.15) is 26.3 Å². The maximum absolute atomic E-state index is 15.4. The Hall–Kier alpha value is -4.05. The fraction of sp³-hybridized carbons (Fsp3) is 0.444. The van der Waals surface area contributed by atoms with Crippen LogP contribution in [0.25, 0.3) is 0 Å². The lowest BCUT2D eigenvalue weighted by molar-refractivity contribution is -0.154. The van der Waals surface area contributed by atoms with Gasteiger partial charge in [0.2, 0.25) is 5.91 Å². The van der Waals surface area contributed by atoms with Crippen molar-refractivity contribution in [3.63, 3.8) is 0 Å². The van der Waals surface area contributed by atoms with Crippen molar-refractivity contribution < 1.29 is 63.0 Å². The van der Waals surface area contributed by atoms with Gasteiger partial charge in [-0.15, -0.1) is 0 Å². The van der Waals surface area contributed by atoms with Gasteiger partial charge >= 0.3 is 12.4 Å². The number of rotatable bonds is 11. The number of alkyl halides is 7. The van der Waals surface area contributed by atoms with Gasteiger partial charge in [0.05, 0.1) is 12.5 Å². The average molecular weight is 794 g/mol. The molecule has 0 aliphatic heterocycles. The number of carbonyl (C=O) groups is 2. The monoisotopic (exact) mass is 793 g/mol. The van der Waals surface area contributed by atoms with Gasteiger partial charge in [0, 0.05) is 36.7 Å². The predicted octanol–water partition coefficient (Wildman–Crippen LogP) is 7.33. The number of sulfone groups is 1. The molecule has 0 saturated heterocycles.